The Morgan fingerprint density at radius 2 is 2.00 bits per heavy atom. The van der Waals surface area contributed by atoms with Crippen molar-refractivity contribution in [3.05, 3.63) is 23.8 Å². The lowest BCUT2D eigenvalue weighted by molar-refractivity contribution is 0.372. The normalized spacial score (nSPS) is 14.9. The molecule has 2 atom stereocenters. The molecule has 0 heterocycles. The van der Waals surface area contributed by atoms with E-state index in [1.807, 2.05) is 13.8 Å². The van der Waals surface area contributed by atoms with Gasteiger partial charge in [-0.1, -0.05) is 6.07 Å². The van der Waals surface area contributed by atoms with Crippen LogP contribution in [0.5, 0.6) is 11.5 Å². The number of hydrogen-bond acceptors (Lipinski definition) is 5. The molecule has 0 saturated carbocycles. The molecule has 0 aliphatic carbocycles. The topological polar surface area (TPSA) is 75.6 Å². The summed E-state index contributed by atoms with van der Waals surface area (Å²) in [6.45, 7) is 3.76. The highest BCUT2D eigenvalue weighted by molar-refractivity contribution is 7.90. The van der Waals surface area contributed by atoms with Gasteiger partial charge >= 0.3 is 0 Å². The second kappa shape index (κ2) is 6.25. The molecule has 19 heavy (non-hydrogen) atoms. The van der Waals surface area contributed by atoms with Crippen LogP contribution in [0.4, 0.5) is 0 Å². The third-order valence-corrected chi connectivity index (χ3v) is 3.90. The molecule has 0 spiro atoms. The van der Waals surface area contributed by atoms with E-state index in [0.717, 1.165) is 5.56 Å². The molecule has 0 saturated heterocycles. The maximum Gasteiger partial charge on any atom is 0.160 e. The summed E-state index contributed by atoms with van der Waals surface area (Å²) >= 11 is 0. The van der Waals surface area contributed by atoms with Gasteiger partial charge in [-0.2, -0.15) is 0 Å². The van der Waals surface area contributed by atoms with Gasteiger partial charge in [0.1, 0.15) is 9.84 Å². The zero-order chi connectivity index (χ0) is 14.6. The van der Waals surface area contributed by atoms with E-state index in [1.54, 1.807) is 18.2 Å². The summed E-state index contributed by atoms with van der Waals surface area (Å²) in [6, 6.07) is 4.90. The van der Waals surface area contributed by atoms with Crippen LogP contribution in [0.15, 0.2) is 18.2 Å². The average molecular weight is 287 g/mol. The Hall–Kier alpha value is -1.27. The Bertz CT molecular complexity index is 527. The van der Waals surface area contributed by atoms with Crippen LogP contribution in [-0.4, -0.2) is 38.7 Å². The lowest BCUT2D eigenvalue weighted by Gasteiger charge is -2.20. The van der Waals surface area contributed by atoms with Gasteiger partial charge in [-0.25, -0.2) is 8.42 Å². The van der Waals surface area contributed by atoms with Gasteiger partial charge in [-0.15, -0.1) is 0 Å². The Morgan fingerprint density at radius 1 is 1.37 bits per heavy atom. The first-order valence-electron chi connectivity index (χ1n) is 6.03. The molecule has 0 aliphatic heterocycles. The number of sulfone groups is 1. The van der Waals surface area contributed by atoms with Gasteiger partial charge in [0.25, 0.3) is 0 Å². The summed E-state index contributed by atoms with van der Waals surface area (Å²) in [5, 5.41) is 12.7. The molecule has 6 heteroatoms. The molecular formula is C13H21NO4S. The Morgan fingerprint density at radius 3 is 2.53 bits per heavy atom. The van der Waals surface area contributed by atoms with Crippen molar-refractivity contribution < 1.29 is 18.3 Å². The minimum Gasteiger partial charge on any atom is -0.504 e. The number of aromatic hydroxyl groups is 1. The van der Waals surface area contributed by atoms with Gasteiger partial charge in [0, 0.05) is 18.3 Å². The fraction of sp³-hybridized carbons (Fsp3) is 0.538. The molecular weight excluding hydrogens is 266 g/mol. The highest BCUT2D eigenvalue weighted by Gasteiger charge is 2.15. The number of phenolic OH excluding ortho intramolecular Hbond substituents is 1. The zero-order valence-electron chi connectivity index (χ0n) is 11.7. The molecule has 1 rings (SSSR count). The molecule has 0 aliphatic rings. The fourth-order valence-electron chi connectivity index (χ4n) is 1.99. The average Bonchev–Trinajstić information content (AvgIpc) is 2.26. The molecule has 1 aromatic rings. The molecule has 0 amide bonds. The van der Waals surface area contributed by atoms with E-state index >= 15 is 0 Å². The van der Waals surface area contributed by atoms with E-state index in [1.165, 1.54) is 13.4 Å². The number of ether oxygens (including phenoxy) is 1. The van der Waals surface area contributed by atoms with Crippen molar-refractivity contribution in [2.24, 2.45) is 0 Å². The molecule has 2 unspecified atom stereocenters. The largest absolute Gasteiger partial charge is 0.504 e. The smallest absolute Gasteiger partial charge is 0.160 e. The highest BCUT2D eigenvalue weighted by Crippen LogP contribution is 2.28. The van der Waals surface area contributed by atoms with Crippen molar-refractivity contribution in [1.29, 1.82) is 0 Å². The third kappa shape index (κ3) is 5.08. The Balaban J connectivity index is 2.75. The number of phenols is 1. The van der Waals surface area contributed by atoms with Gasteiger partial charge in [0.15, 0.2) is 11.5 Å². The SMILES string of the molecule is COc1cc(C(C)NC(C)CS(C)(=O)=O)ccc1O. The van der Waals surface area contributed by atoms with Crippen LogP contribution in [0.25, 0.3) is 0 Å². The quantitative estimate of drug-likeness (QED) is 0.829. The lowest BCUT2D eigenvalue weighted by Crippen LogP contribution is -2.34. The lowest BCUT2D eigenvalue weighted by atomic mass is 10.1. The van der Waals surface area contributed by atoms with Crippen LogP contribution >= 0.6 is 0 Å². The number of nitrogens with one attached hydrogen (secondary N) is 1. The molecule has 0 aromatic heterocycles. The molecule has 0 bridgehead atoms. The van der Waals surface area contributed by atoms with Gasteiger partial charge in [0.05, 0.1) is 12.9 Å². The number of benzene rings is 1. The molecule has 2 N–H and O–H groups in total. The zero-order valence-corrected chi connectivity index (χ0v) is 12.5. The van der Waals surface area contributed by atoms with Crippen LogP contribution in [0, 0.1) is 0 Å². The van der Waals surface area contributed by atoms with E-state index in [4.69, 9.17) is 4.74 Å². The molecule has 0 radical (unpaired) electrons. The maximum absolute atomic E-state index is 11.2. The monoisotopic (exact) mass is 287 g/mol. The summed E-state index contributed by atoms with van der Waals surface area (Å²) in [5.74, 6) is 0.580. The van der Waals surface area contributed by atoms with Crippen molar-refractivity contribution in [3.8, 4) is 11.5 Å². The van der Waals surface area contributed by atoms with Crippen molar-refractivity contribution in [2.45, 2.75) is 25.9 Å². The number of methoxy groups -OCH3 is 1. The Labute approximate surface area is 114 Å². The van der Waals surface area contributed by atoms with Crippen molar-refractivity contribution >= 4 is 9.84 Å². The van der Waals surface area contributed by atoms with Crippen LogP contribution in [-0.2, 0) is 9.84 Å². The molecule has 1 aromatic carbocycles. The fourth-order valence-corrected chi connectivity index (χ4v) is 2.99. The predicted octanol–water partition coefficient (Wildman–Crippen LogP) is 1.48. The predicted molar refractivity (Wildman–Crippen MR) is 75.4 cm³/mol. The summed E-state index contributed by atoms with van der Waals surface area (Å²) in [6.07, 6.45) is 1.22. The first kappa shape index (κ1) is 15.8. The van der Waals surface area contributed by atoms with Gasteiger partial charge in [0.2, 0.25) is 0 Å². The van der Waals surface area contributed by atoms with Crippen LogP contribution in [0.3, 0.4) is 0 Å². The van der Waals surface area contributed by atoms with Crippen LogP contribution in [0.1, 0.15) is 25.5 Å². The summed E-state index contributed by atoms with van der Waals surface area (Å²) in [5.41, 5.74) is 0.926. The number of hydrogen-bond donors (Lipinski definition) is 2. The standard InChI is InChI=1S/C13H21NO4S/c1-9(8-19(4,16)17)14-10(2)11-5-6-12(15)13(7-11)18-3/h5-7,9-10,14-15H,8H2,1-4H3. The third-order valence-electron chi connectivity index (χ3n) is 2.79. The minimum absolute atomic E-state index is 0.0359. The van der Waals surface area contributed by atoms with Crippen LogP contribution in [0.2, 0.25) is 0 Å². The van der Waals surface area contributed by atoms with Gasteiger partial charge in [-0.3, -0.25) is 0 Å². The van der Waals surface area contributed by atoms with Crippen LogP contribution < -0.4 is 10.1 Å². The molecule has 5 nitrogen and oxygen atoms in total. The minimum atomic E-state index is -3.00. The first-order chi connectivity index (χ1) is 8.73. The van der Waals surface area contributed by atoms with Crippen molar-refractivity contribution in [1.82, 2.24) is 5.32 Å². The van der Waals surface area contributed by atoms with E-state index < -0.39 is 9.84 Å². The molecule has 0 fully saturated rings. The van der Waals surface area contributed by atoms with E-state index in [0.29, 0.717) is 5.75 Å². The molecule has 108 valence electrons. The Kier molecular flexibility index (Phi) is 5.20. The highest BCUT2D eigenvalue weighted by atomic mass is 32.2. The van der Waals surface area contributed by atoms with E-state index in [2.05, 4.69) is 5.32 Å². The van der Waals surface area contributed by atoms with Gasteiger partial charge < -0.3 is 15.2 Å². The number of rotatable bonds is 6. The van der Waals surface area contributed by atoms with Gasteiger partial charge in [-0.05, 0) is 31.5 Å². The van der Waals surface area contributed by atoms with E-state index in [9.17, 15) is 13.5 Å². The van der Waals surface area contributed by atoms with Crippen molar-refractivity contribution in [3.63, 3.8) is 0 Å². The summed E-state index contributed by atoms with van der Waals surface area (Å²) in [4.78, 5) is 0. The summed E-state index contributed by atoms with van der Waals surface area (Å²) in [7, 11) is -1.51. The second-order valence-corrected chi connectivity index (χ2v) is 7.00. The first-order valence-corrected chi connectivity index (χ1v) is 8.09. The van der Waals surface area contributed by atoms with Crippen molar-refractivity contribution in [2.75, 3.05) is 19.1 Å². The second-order valence-electron chi connectivity index (χ2n) is 4.81. The van der Waals surface area contributed by atoms with E-state index in [-0.39, 0.29) is 23.6 Å². The maximum atomic E-state index is 11.2. The summed E-state index contributed by atoms with van der Waals surface area (Å²) < 4.78 is 27.5.